The summed E-state index contributed by atoms with van der Waals surface area (Å²) in [5, 5.41) is 24.7. The molecule has 0 fully saturated rings. The van der Waals surface area contributed by atoms with Crippen LogP contribution in [-0.2, 0) is 10.2 Å². The van der Waals surface area contributed by atoms with Gasteiger partial charge in [0.05, 0.1) is 15.6 Å². The number of amides is 1. The van der Waals surface area contributed by atoms with E-state index in [1.807, 2.05) is 18.2 Å². The number of carbonyl (C=O) groups excluding carboxylic acids is 1. The van der Waals surface area contributed by atoms with Crippen LogP contribution in [0.3, 0.4) is 0 Å². The van der Waals surface area contributed by atoms with Crippen LogP contribution in [0.15, 0.2) is 39.9 Å². The number of non-ortho nitro benzene ring substituents is 1. The molecule has 1 aliphatic rings. The second-order valence-electron chi connectivity index (χ2n) is 7.69. The third-order valence-electron chi connectivity index (χ3n) is 4.43. The Labute approximate surface area is 181 Å². The number of carbonyl (C=O) groups is 1. The van der Waals surface area contributed by atoms with Gasteiger partial charge in [0.1, 0.15) is 12.4 Å². The number of nitrogens with zero attached hydrogens (tertiary/aromatic N) is 2. The van der Waals surface area contributed by atoms with Crippen LogP contribution in [-0.4, -0.2) is 34.9 Å². The number of rotatable bonds is 4. The van der Waals surface area contributed by atoms with E-state index in [1.54, 1.807) is 0 Å². The molecule has 2 N–H and O–H groups in total. The van der Waals surface area contributed by atoms with E-state index in [2.05, 4.69) is 47.2 Å². The number of phenolic OH excluding ortho intramolecular Hbond substituents is 1. The quantitative estimate of drug-likeness (QED) is 0.393. The molecule has 1 aliphatic heterocycles. The van der Waals surface area contributed by atoms with Crippen LogP contribution < -0.4 is 14.9 Å². The maximum absolute atomic E-state index is 12.4. The molecule has 0 aromatic heterocycles. The summed E-state index contributed by atoms with van der Waals surface area (Å²) in [6.45, 7) is 6.22. The Morgan fingerprint density at radius 3 is 2.73 bits per heavy atom. The zero-order valence-corrected chi connectivity index (χ0v) is 18.1. The Balaban J connectivity index is 1.70. The first kappa shape index (κ1) is 21.6. The van der Waals surface area contributed by atoms with Crippen molar-refractivity contribution >= 4 is 33.7 Å². The molecule has 2 aromatic carbocycles. The van der Waals surface area contributed by atoms with E-state index in [9.17, 15) is 20.0 Å². The molecule has 0 saturated heterocycles. The zero-order chi connectivity index (χ0) is 22.1. The first-order valence-corrected chi connectivity index (χ1v) is 9.79. The van der Waals surface area contributed by atoms with Gasteiger partial charge >= 0.3 is 0 Å². The third-order valence-corrected chi connectivity index (χ3v) is 5.03. The minimum Gasteiger partial charge on any atom is -0.506 e. The number of nitro benzene ring substituents is 1. The molecule has 0 bridgehead atoms. The van der Waals surface area contributed by atoms with Crippen molar-refractivity contribution in [2.24, 2.45) is 5.10 Å². The van der Waals surface area contributed by atoms with Crippen molar-refractivity contribution in [2.45, 2.75) is 32.3 Å². The normalized spacial score (nSPS) is 15.8. The number of halogens is 1. The molecule has 0 saturated carbocycles. The van der Waals surface area contributed by atoms with E-state index in [0.29, 0.717) is 11.5 Å². The molecule has 0 aliphatic carbocycles. The maximum atomic E-state index is 12.4. The Hall–Kier alpha value is -3.14. The lowest BCUT2D eigenvalue weighted by molar-refractivity contribution is -0.385. The molecule has 1 unspecified atom stereocenters. The second kappa shape index (κ2) is 8.31. The monoisotopic (exact) mass is 477 g/mol. The molecule has 1 amide bonds. The van der Waals surface area contributed by atoms with E-state index in [1.165, 1.54) is 6.07 Å². The van der Waals surface area contributed by atoms with Gasteiger partial charge in [-0.15, -0.1) is 0 Å². The summed E-state index contributed by atoms with van der Waals surface area (Å²) in [6, 6.07) is 7.92. The predicted molar refractivity (Wildman–Crippen MR) is 113 cm³/mol. The van der Waals surface area contributed by atoms with Gasteiger partial charge < -0.3 is 14.6 Å². The highest BCUT2D eigenvalue weighted by molar-refractivity contribution is 9.10. The molecule has 0 radical (unpaired) electrons. The summed E-state index contributed by atoms with van der Waals surface area (Å²) in [5.74, 6) is 0.238. The summed E-state index contributed by atoms with van der Waals surface area (Å²) in [7, 11) is 0. The molecule has 158 valence electrons. The number of nitrogens with one attached hydrogen (secondary N) is 1. The fourth-order valence-corrected chi connectivity index (χ4v) is 3.18. The smallest absolute Gasteiger partial charge is 0.284 e. The Kier molecular flexibility index (Phi) is 5.97. The largest absolute Gasteiger partial charge is 0.506 e. The number of hydrogen-bond acceptors (Lipinski definition) is 7. The van der Waals surface area contributed by atoms with Gasteiger partial charge in [0.25, 0.3) is 11.6 Å². The number of hydrazone groups is 1. The van der Waals surface area contributed by atoms with Crippen molar-refractivity contribution < 1.29 is 24.3 Å². The first-order valence-electron chi connectivity index (χ1n) is 9.00. The predicted octanol–water partition coefficient (Wildman–Crippen LogP) is 3.65. The van der Waals surface area contributed by atoms with Crippen LogP contribution >= 0.6 is 15.9 Å². The zero-order valence-electron chi connectivity index (χ0n) is 16.5. The first-order chi connectivity index (χ1) is 14.1. The molecular formula is C20H20BrN3O6. The number of benzene rings is 2. The topological polar surface area (TPSA) is 123 Å². The molecule has 0 spiro atoms. The summed E-state index contributed by atoms with van der Waals surface area (Å²) in [4.78, 5) is 22.7. The van der Waals surface area contributed by atoms with Gasteiger partial charge in [-0.2, -0.15) is 5.10 Å². The standard InChI is InChI=1S/C20H20BrN3O6/c1-20(2,3)12-4-5-15-16(7-12)30-17(10-29-15)19(26)23-22-9-11-6-13(24(27)28)8-14(21)18(11)25/h4-9,17,25H,10H2,1-3H3,(H,23,26). The van der Waals surface area contributed by atoms with Crippen molar-refractivity contribution in [3.8, 4) is 17.2 Å². The Morgan fingerprint density at radius 1 is 1.33 bits per heavy atom. The lowest BCUT2D eigenvalue weighted by atomic mass is 9.87. The van der Waals surface area contributed by atoms with Gasteiger partial charge in [-0.1, -0.05) is 26.8 Å². The van der Waals surface area contributed by atoms with Crippen LogP contribution in [0.25, 0.3) is 0 Å². The SMILES string of the molecule is CC(C)(C)c1ccc2c(c1)OC(C(=O)NN=Cc1cc([N+](=O)[O-])cc(Br)c1O)CO2. The molecule has 9 nitrogen and oxygen atoms in total. The maximum Gasteiger partial charge on any atom is 0.284 e. The van der Waals surface area contributed by atoms with Crippen molar-refractivity contribution in [3.63, 3.8) is 0 Å². The van der Waals surface area contributed by atoms with Crippen molar-refractivity contribution in [3.05, 3.63) is 56.0 Å². The van der Waals surface area contributed by atoms with Gasteiger partial charge in [0, 0.05) is 17.7 Å². The number of aromatic hydroxyl groups is 1. The number of ether oxygens (including phenoxy) is 2. The fraction of sp³-hybridized carbons (Fsp3) is 0.300. The molecule has 2 aromatic rings. The highest BCUT2D eigenvalue weighted by atomic mass is 79.9. The molecule has 1 atom stereocenters. The lowest BCUT2D eigenvalue weighted by Crippen LogP contribution is -2.42. The van der Waals surface area contributed by atoms with Gasteiger partial charge in [0.2, 0.25) is 6.10 Å². The van der Waals surface area contributed by atoms with Crippen LogP contribution in [0.2, 0.25) is 0 Å². The van der Waals surface area contributed by atoms with E-state index in [0.717, 1.165) is 17.8 Å². The van der Waals surface area contributed by atoms with Crippen LogP contribution in [0.4, 0.5) is 5.69 Å². The van der Waals surface area contributed by atoms with Crippen LogP contribution in [0.5, 0.6) is 17.2 Å². The minimum absolute atomic E-state index is 0.0107. The summed E-state index contributed by atoms with van der Waals surface area (Å²) in [5.41, 5.74) is 3.08. The van der Waals surface area contributed by atoms with Crippen LogP contribution in [0.1, 0.15) is 31.9 Å². The highest BCUT2D eigenvalue weighted by Gasteiger charge is 2.28. The number of nitro groups is 1. The van der Waals surface area contributed by atoms with Crippen LogP contribution in [0, 0.1) is 10.1 Å². The Morgan fingerprint density at radius 2 is 2.07 bits per heavy atom. The van der Waals surface area contributed by atoms with E-state index < -0.39 is 16.9 Å². The average molecular weight is 478 g/mol. The average Bonchev–Trinajstić information content (AvgIpc) is 2.69. The molecule has 3 rings (SSSR count). The molecular weight excluding hydrogens is 458 g/mol. The van der Waals surface area contributed by atoms with E-state index in [-0.39, 0.29) is 33.5 Å². The minimum atomic E-state index is -0.921. The molecule has 30 heavy (non-hydrogen) atoms. The number of phenols is 1. The van der Waals surface area contributed by atoms with E-state index in [4.69, 9.17) is 9.47 Å². The number of fused-ring (bicyclic) bond motifs is 1. The van der Waals surface area contributed by atoms with Gasteiger partial charge in [-0.25, -0.2) is 5.43 Å². The van der Waals surface area contributed by atoms with Gasteiger partial charge in [0.15, 0.2) is 11.5 Å². The summed E-state index contributed by atoms with van der Waals surface area (Å²) in [6.07, 6.45) is 0.190. The lowest BCUT2D eigenvalue weighted by Gasteiger charge is -2.27. The van der Waals surface area contributed by atoms with Crippen molar-refractivity contribution in [1.82, 2.24) is 5.43 Å². The summed E-state index contributed by atoms with van der Waals surface area (Å²) < 4.78 is 11.5. The van der Waals surface area contributed by atoms with Gasteiger partial charge in [-0.05, 0) is 39.0 Å². The third kappa shape index (κ3) is 4.70. The molecule has 1 heterocycles. The summed E-state index contributed by atoms with van der Waals surface area (Å²) >= 11 is 3.04. The van der Waals surface area contributed by atoms with Crippen molar-refractivity contribution in [1.29, 1.82) is 0 Å². The molecule has 10 heteroatoms. The van der Waals surface area contributed by atoms with Gasteiger partial charge in [-0.3, -0.25) is 14.9 Å². The van der Waals surface area contributed by atoms with E-state index >= 15 is 0 Å². The Bertz CT molecular complexity index is 1030. The fourth-order valence-electron chi connectivity index (χ4n) is 2.71. The highest BCUT2D eigenvalue weighted by Crippen LogP contribution is 2.36. The van der Waals surface area contributed by atoms with Crippen molar-refractivity contribution in [2.75, 3.05) is 6.61 Å². The number of hydrogen-bond donors (Lipinski definition) is 2. The second-order valence-corrected chi connectivity index (χ2v) is 8.54.